The van der Waals surface area contributed by atoms with Crippen molar-refractivity contribution in [2.45, 2.75) is 25.3 Å². The lowest BCUT2D eigenvalue weighted by Gasteiger charge is -2.08. The molecule has 0 radical (unpaired) electrons. The summed E-state index contributed by atoms with van der Waals surface area (Å²) in [5, 5.41) is 9.09. The van der Waals surface area contributed by atoms with Gasteiger partial charge in [0.05, 0.1) is 18.2 Å². The van der Waals surface area contributed by atoms with Gasteiger partial charge in [-0.25, -0.2) is 4.79 Å². The lowest BCUT2D eigenvalue weighted by atomic mass is 10.1. The van der Waals surface area contributed by atoms with Gasteiger partial charge in [-0.05, 0) is 30.7 Å². The first-order chi connectivity index (χ1) is 9.90. The second-order valence-electron chi connectivity index (χ2n) is 4.53. The highest BCUT2D eigenvalue weighted by Gasteiger charge is 2.15. The number of primary amides is 1. The number of carbonyl (C=O) groups excluding carboxylic acids is 3. The SMILES string of the molecule is NC(=O)C[C@H](N)C(=O)CCCOC(=O)c1ccc(O)cc1. The van der Waals surface area contributed by atoms with Crippen LogP contribution in [0.2, 0.25) is 0 Å². The van der Waals surface area contributed by atoms with E-state index in [1.807, 2.05) is 0 Å². The van der Waals surface area contributed by atoms with Gasteiger partial charge in [-0.3, -0.25) is 9.59 Å². The van der Waals surface area contributed by atoms with E-state index < -0.39 is 17.9 Å². The van der Waals surface area contributed by atoms with E-state index in [1.165, 1.54) is 24.3 Å². The van der Waals surface area contributed by atoms with Crippen molar-refractivity contribution in [3.8, 4) is 5.75 Å². The molecule has 0 bridgehead atoms. The molecule has 7 heteroatoms. The summed E-state index contributed by atoms with van der Waals surface area (Å²) < 4.78 is 4.97. The summed E-state index contributed by atoms with van der Waals surface area (Å²) in [6.45, 7) is 0.0642. The van der Waals surface area contributed by atoms with Crippen LogP contribution in [0.25, 0.3) is 0 Å². The van der Waals surface area contributed by atoms with E-state index >= 15 is 0 Å². The second-order valence-corrected chi connectivity index (χ2v) is 4.53. The van der Waals surface area contributed by atoms with Crippen LogP contribution in [0.5, 0.6) is 5.75 Å². The number of Topliss-reactive ketones (excluding diaryl/α,β-unsaturated/α-hetero) is 1. The van der Waals surface area contributed by atoms with Crippen molar-refractivity contribution in [2.24, 2.45) is 11.5 Å². The van der Waals surface area contributed by atoms with Crippen molar-refractivity contribution in [3.05, 3.63) is 29.8 Å². The maximum Gasteiger partial charge on any atom is 0.338 e. The highest BCUT2D eigenvalue weighted by atomic mass is 16.5. The van der Waals surface area contributed by atoms with Gasteiger partial charge in [0.2, 0.25) is 5.91 Å². The molecule has 0 saturated carbocycles. The fraction of sp³-hybridized carbons (Fsp3) is 0.357. The Morgan fingerprint density at radius 2 is 1.81 bits per heavy atom. The summed E-state index contributed by atoms with van der Waals surface area (Å²) in [5.74, 6) is -1.41. The van der Waals surface area contributed by atoms with Crippen LogP contribution in [-0.4, -0.2) is 35.4 Å². The zero-order chi connectivity index (χ0) is 15.8. The minimum atomic E-state index is -0.907. The zero-order valence-electron chi connectivity index (χ0n) is 11.5. The summed E-state index contributed by atoms with van der Waals surface area (Å²) in [6, 6.07) is 4.72. The van der Waals surface area contributed by atoms with E-state index in [2.05, 4.69) is 0 Å². The quantitative estimate of drug-likeness (QED) is 0.460. The Labute approximate surface area is 121 Å². The molecule has 1 aromatic carbocycles. The Bertz CT molecular complexity index is 513. The van der Waals surface area contributed by atoms with Crippen molar-refractivity contribution in [3.63, 3.8) is 0 Å². The van der Waals surface area contributed by atoms with Crippen LogP contribution < -0.4 is 11.5 Å². The van der Waals surface area contributed by atoms with Crippen molar-refractivity contribution in [2.75, 3.05) is 6.61 Å². The molecule has 21 heavy (non-hydrogen) atoms. The summed E-state index contributed by atoms with van der Waals surface area (Å²) in [5.41, 5.74) is 10.7. The van der Waals surface area contributed by atoms with Gasteiger partial charge in [-0.2, -0.15) is 0 Å². The fourth-order valence-electron chi connectivity index (χ4n) is 1.61. The van der Waals surface area contributed by atoms with E-state index in [0.717, 1.165) is 0 Å². The molecule has 1 aromatic rings. The monoisotopic (exact) mass is 294 g/mol. The number of ether oxygens (including phenoxy) is 1. The van der Waals surface area contributed by atoms with E-state index in [1.54, 1.807) is 0 Å². The molecule has 0 saturated heterocycles. The smallest absolute Gasteiger partial charge is 0.338 e. The number of phenols is 1. The lowest BCUT2D eigenvalue weighted by molar-refractivity contribution is -0.125. The van der Waals surface area contributed by atoms with Gasteiger partial charge in [0.25, 0.3) is 0 Å². The number of hydrogen-bond acceptors (Lipinski definition) is 6. The van der Waals surface area contributed by atoms with Gasteiger partial charge in [0, 0.05) is 12.8 Å². The summed E-state index contributed by atoms with van der Waals surface area (Å²) in [7, 11) is 0. The van der Waals surface area contributed by atoms with E-state index in [0.29, 0.717) is 12.0 Å². The first kappa shape index (κ1) is 16.6. The molecular formula is C14H18N2O5. The molecular weight excluding hydrogens is 276 g/mol. The first-order valence-electron chi connectivity index (χ1n) is 6.43. The third kappa shape index (κ3) is 6.05. The summed E-state index contributed by atoms with van der Waals surface area (Å²) >= 11 is 0. The van der Waals surface area contributed by atoms with Gasteiger partial charge in [0.1, 0.15) is 11.5 Å². The Morgan fingerprint density at radius 1 is 1.19 bits per heavy atom. The van der Waals surface area contributed by atoms with Crippen molar-refractivity contribution < 1.29 is 24.2 Å². The van der Waals surface area contributed by atoms with Gasteiger partial charge < -0.3 is 21.3 Å². The maximum absolute atomic E-state index is 11.6. The highest BCUT2D eigenvalue weighted by Crippen LogP contribution is 2.10. The number of nitrogens with two attached hydrogens (primary N) is 2. The normalized spacial score (nSPS) is 11.7. The number of ketones is 1. The number of benzene rings is 1. The number of hydrogen-bond donors (Lipinski definition) is 3. The van der Waals surface area contributed by atoms with Gasteiger partial charge in [0.15, 0.2) is 0 Å². The number of carbonyl (C=O) groups is 3. The van der Waals surface area contributed by atoms with Crippen molar-refractivity contribution in [1.82, 2.24) is 0 Å². The molecule has 0 aromatic heterocycles. The molecule has 0 aliphatic heterocycles. The van der Waals surface area contributed by atoms with Crippen LogP contribution in [0.3, 0.4) is 0 Å². The van der Waals surface area contributed by atoms with Crippen LogP contribution >= 0.6 is 0 Å². The summed E-state index contributed by atoms with van der Waals surface area (Å²) in [6.07, 6.45) is 0.235. The molecule has 0 unspecified atom stereocenters. The standard InChI is InChI=1S/C14H18N2O5/c15-11(8-13(16)19)12(18)2-1-7-21-14(20)9-3-5-10(17)6-4-9/h3-6,11,17H,1-2,7-8,15H2,(H2,16,19)/t11-/m0/s1. The molecule has 0 fully saturated rings. The van der Waals surface area contributed by atoms with Gasteiger partial charge >= 0.3 is 5.97 Å². The second kappa shape index (κ2) is 8.01. The number of phenolic OH excluding ortho intramolecular Hbond substituents is 1. The molecule has 7 nitrogen and oxygen atoms in total. The lowest BCUT2D eigenvalue weighted by Crippen LogP contribution is -2.35. The van der Waals surface area contributed by atoms with Crippen molar-refractivity contribution >= 4 is 17.7 Å². The van der Waals surface area contributed by atoms with Crippen LogP contribution in [0.1, 0.15) is 29.6 Å². The van der Waals surface area contributed by atoms with Crippen LogP contribution in [0.15, 0.2) is 24.3 Å². The van der Waals surface area contributed by atoms with Crippen LogP contribution in [0.4, 0.5) is 0 Å². The third-order valence-electron chi connectivity index (χ3n) is 2.74. The topological polar surface area (TPSA) is 133 Å². The van der Waals surface area contributed by atoms with E-state index in [4.69, 9.17) is 21.3 Å². The Hall–Kier alpha value is -2.41. The minimum Gasteiger partial charge on any atom is -0.508 e. The first-order valence-corrected chi connectivity index (χ1v) is 6.43. The van der Waals surface area contributed by atoms with Gasteiger partial charge in [-0.1, -0.05) is 0 Å². The number of esters is 1. The zero-order valence-corrected chi connectivity index (χ0v) is 11.5. The Kier molecular flexibility index (Phi) is 6.35. The molecule has 1 amide bonds. The Morgan fingerprint density at radius 3 is 2.38 bits per heavy atom. The fourth-order valence-corrected chi connectivity index (χ4v) is 1.61. The molecule has 0 spiro atoms. The maximum atomic E-state index is 11.6. The average molecular weight is 294 g/mol. The van der Waals surface area contributed by atoms with E-state index in [-0.39, 0.29) is 31.0 Å². The molecule has 5 N–H and O–H groups in total. The minimum absolute atomic E-state index is 0.0561. The molecule has 0 heterocycles. The largest absolute Gasteiger partial charge is 0.508 e. The number of rotatable bonds is 8. The predicted octanol–water partition coefficient (Wildman–Crippen LogP) is 0.101. The highest BCUT2D eigenvalue weighted by molar-refractivity contribution is 5.90. The molecule has 0 aliphatic rings. The van der Waals surface area contributed by atoms with Crippen molar-refractivity contribution in [1.29, 1.82) is 0 Å². The summed E-state index contributed by atoms with van der Waals surface area (Å²) in [4.78, 5) is 33.8. The van der Waals surface area contributed by atoms with E-state index in [9.17, 15) is 14.4 Å². The third-order valence-corrected chi connectivity index (χ3v) is 2.74. The average Bonchev–Trinajstić information content (AvgIpc) is 2.43. The molecule has 1 atom stereocenters. The molecule has 114 valence electrons. The molecule has 0 aliphatic carbocycles. The van der Waals surface area contributed by atoms with Crippen LogP contribution in [0, 0.1) is 0 Å². The molecule has 1 rings (SSSR count). The number of aromatic hydroxyl groups is 1. The van der Waals surface area contributed by atoms with Gasteiger partial charge in [-0.15, -0.1) is 0 Å². The van der Waals surface area contributed by atoms with Crippen LogP contribution in [-0.2, 0) is 14.3 Å². The number of amides is 1. The Balaban J connectivity index is 2.27. The predicted molar refractivity (Wildman–Crippen MR) is 74.4 cm³/mol.